The van der Waals surface area contributed by atoms with E-state index in [-0.39, 0.29) is 11.4 Å². The summed E-state index contributed by atoms with van der Waals surface area (Å²) in [5, 5.41) is 14.3. The number of urea groups is 1. The van der Waals surface area contributed by atoms with E-state index in [1.54, 1.807) is 0 Å². The lowest BCUT2D eigenvalue weighted by Gasteiger charge is -2.38. The molecule has 0 unspecified atom stereocenters. The molecule has 1 aliphatic rings. The summed E-state index contributed by atoms with van der Waals surface area (Å²) in [6.45, 7) is 6.72. The van der Waals surface area contributed by atoms with Crippen molar-refractivity contribution in [1.29, 1.82) is 0 Å². The number of piperidine rings is 1. The Morgan fingerprint density at radius 3 is 2.45 bits per heavy atom. The monoisotopic (exact) mass is 285 g/mol. The van der Waals surface area contributed by atoms with Crippen molar-refractivity contribution in [1.82, 2.24) is 15.5 Å². The number of carboxylic acids is 1. The number of aliphatic carboxylic acids is 1. The van der Waals surface area contributed by atoms with Crippen LogP contribution >= 0.6 is 0 Å². The van der Waals surface area contributed by atoms with Crippen molar-refractivity contribution in [3.8, 4) is 0 Å². The Hall–Kier alpha value is -1.30. The van der Waals surface area contributed by atoms with Gasteiger partial charge in [0.2, 0.25) is 0 Å². The highest BCUT2D eigenvalue weighted by Crippen LogP contribution is 2.29. The molecule has 0 saturated carbocycles. The topological polar surface area (TPSA) is 81.7 Å². The molecule has 3 N–H and O–H groups in total. The van der Waals surface area contributed by atoms with Gasteiger partial charge in [-0.15, -0.1) is 0 Å². The Bertz CT molecular complexity index is 339. The molecule has 0 spiro atoms. The SMILES string of the molecule is CCC[C@@H](NC(=O)NCC1(C)CCN(C)CC1)C(=O)O. The van der Waals surface area contributed by atoms with E-state index in [2.05, 4.69) is 29.5 Å². The molecule has 1 aliphatic heterocycles. The zero-order chi connectivity index (χ0) is 15.2. The summed E-state index contributed by atoms with van der Waals surface area (Å²) in [5.41, 5.74) is 0.104. The first-order valence-corrected chi connectivity index (χ1v) is 7.32. The number of hydrogen-bond acceptors (Lipinski definition) is 3. The van der Waals surface area contributed by atoms with Gasteiger partial charge in [0, 0.05) is 6.54 Å². The number of carbonyl (C=O) groups is 2. The molecule has 1 atom stereocenters. The van der Waals surface area contributed by atoms with E-state index in [1.165, 1.54) is 0 Å². The zero-order valence-electron chi connectivity index (χ0n) is 12.7. The van der Waals surface area contributed by atoms with Crippen LogP contribution in [-0.4, -0.2) is 54.7 Å². The highest BCUT2D eigenvalue weighted by molar-refractivity contribution is 5.82. The second kappa shape index (κ2) is 7.47. The maximum absolute atomic E-state index is 11.8. The molecular weight excluding hydrogens is 258 g/mol. The molecule has 0 aromatic rings. The summed E-state index contributed by atoms with van der Waals surface area (Å²) < 4.78 is 0. The van der Waals surface area contributed by atoms with Crippen LogP contribution in [0.2, 0.25) is 0 Å². The van der Waals surface area contributed by atoms with Gasteiger partial charge >= 0.3 is 12.0 Å². The van der Waals surface area contributed by atoms with Crippen molar-refractivity contribution in [2.75, 3.05) is 26.7 Å². The van der Waals surface area contributed by atoms with Gasteiger partial charge in [-0.2, -0.15) is 0 Å². The van der Waals surface area contributed by atoms with Gasteiger partial charge in [0.1, 0.15) is 6.04 Å². The van der Waals surface area contributed by atoms with Gasteiger partial charge in [0.05, 0.1) is 0 Å². The second-order valence-electron chi connectivity index (χ2n) is 6.12. The molecule has 2 amide bonds. The molecule has 6 nitrogen and oxygen atoms in total. The van der Waals surface area contributed by atoms with E-state index >= 15 is 0 Å². The van der Waals surface area contributed by atoms with E-state index in [1.807, 2.05) is 6.92 Å². The van der Waals surface area contributed by atoms with Crippen LogP contribution in [0.25, 0.3) is 0 Å². The molecule has 1 rings (SSSR count). The van der Waals surface area contributed by atoms with Gasteiger partial charge in [0.15, 0.2) is 0 Å². The molecule has 0 radical (unpaired) electrons. The number of likely N-dealkylation sites (tertiary alicyclic amines) is 1. The lowest BCUT2D eigenvalue weighted by molar-refractivity contribution is -0.139. The third-order valence-electron chi connectivity index (χ3n) is 4.05. The van der Waals surface area contributed by atoms with Crippen molar-refractivity contribution in [3.05, 3.63) is 0 Å². The van der Waals surface area contributed by atoms with Crippen LogP contribution < -0.4 is 10.6 Å². The molecule has 0 bridgehead atoms. The van der Waals surface area contributed by atoms with Crippen molar-refractivity contribution in [2.24, 2.45) is 5.41 Å². The fourth-order valence-corrected chi connectivity index (χ4v) is 2.38. The van der Waals surface area contributed by atoms with Crippen molar-refractivity contribution >= 4 is 12.0 Å². The fourth-order valence-electron chi connectivity index (χ4n) is 2.38. The average molecular weight is 285 g/mol. The van der Waals surface area contributed by atoms with Crippen LogP contribution in [0.3, 0.4) is 0 Å². The maximum Gasteiger partial charge on any atom is 0.326 e. The van der Waals surface area contributed by atoms with E-state index in [9.17, 15) is 9.59 Å². The first-order chi connectivity index (χ1) is 9.36. The van der Waals surface area contributed by atoms with Gasteiger partial charge in [-0.05, 0) is 44.8 Å². The van der Waals surface area contributed by atoms with E-state index < -0.39 is 12.0 Å². The van der Waals surface area contributed by atoms with Gasteiger partial charge < -0.3 is 20.6 Å². The predicted octanol–water partition coefficient (Wildman–Crippen LogP) is 1.27. The number of nitrogens with one attached hydrogen (secondary N) is 2. The Morgan fingerprint density at radius 2 is 1.95 bits per heavy atom. The second-order valence-corrected chi connectivity index (χ2v) is 6.12. The molecule has 1 heterocycles. The number of nitrogens with zero attached hydrogens (tertiary/aromatic N) is 1. The zero-order valence-corrected chi connectivity index (χ0v) is 12.7. The predicted molar refractivity (Wildman–Crippen MR) is 77.7 cm³/mol. The summed E-state index contributed by atoms with van der Waals surface area (Å²) >= 11 is 0. The van der Waals surface area contributed by atoms with Crippen molar-refractivity contribution in [3.63, 3.8) is 0 Å². The van der Waals surface area contributed by atoms with Gasteiger partial charge in [-0.25, -0.2) is 9.59 Å². The Morgan fingerprint density at radius 1 is 1.35 bits per heavy atom. The van der Waals surface area contributed by atoms with Gasteiger partial charge in [-0.3, -0.25) is 0 Å². The summed E-state index contributed by atoms with van der Waals surface area (Å²) in [4.78, 5) is 25.0. The Kier molecular flexibility index (Phi) is 6.26. The largest absolute Gasteiger partial charge is 0.480 e. The van der Waals surface area contributed by atoms with E-state index in [0.29, 0.717) is 13.0 Å². The molecule has 6 heteroatoms. The lowest BCUT2D eigenvalue weighted by Crippen LogP contribution is -2.50. The van der Waals surface area contributed by atoms with E-state index in [4.69, 9.17) is 5.11 Å². The third kappa shape index (κ3) is 5.36. The minimum absolute atomic E-state index is 0.104. The number of carbonyl (C=O) groups excluding carboxylic acids is 1. The number of rotatable bonds is 6. The van der Waals surface area contributed by atoms with Crippen LogP contribution in [0.15, 0.2) is 0 Å². The minimum atomic E-state index is -0.979. The van der Waals surface area contributed by atoms with Gasteiger partial charge in [-0.1, -0.05) is 20.3 Å². The molecule has 1 saturated heterocycles. The number of amides is 2. The summed E-state index contributed by atoms with van der Waals surface area (Å²) in [5.74, 6) is -0.979. The van der Waals surface area contributed by atoms with Gasteiger partial charge in [0.25, 0.3) is 0 Å². The first-order valence-electron chi connectivity index (χ1n) is 7.32. The normalized spacial score (nSPS) is 20.1. The molecule has 1 fully saturated rings. The summed E-state index contributed by atoms with van der Waals surface area (Å²) in [6, 6.07) is -1.18. The summed E-state index contributed by atoms with van der Waals surface area (Å²) in [7, 11) is 2.10. The maximum atomic E-state index is 11.8. The molecule has 116 valence electrons. The molecule has 0 aromatic heterocycles. The first kappa shape index (κ1) is 16.8. The van der Waals surface area contributed by atoms with Crippen LogP contribution in [0, 0.1) is 5.41 Å². The third-order valence-corrected chi connectivity index (χ3v) is 4.05. The minimum Gasteiger partial charge on any atom is -0.480 e. The quantitative estimate of drug-likeness (QED) is 0.686. The Labute approximate surface area is 120 Å². The molecule has 20 heavy (non-hydrogen) atoms. The number of hydrogen-bond donors (Lipinski definition) is 3. The average Bonchev–Trinajstić information content (AvgIpc) is 2.40. The highest BCUT2D eigenvalue weighted by atomic mass is 16.4. The van der Waals surface area contributed by atoms with Crippen molar-refractivity contribution < 1.29 is 14.7 Å². The highest BCUT2D eigenvalue weighted by Gasteiger charge is 2.29. The van der Waals surface area contributed by atoms with Crippen LogP contribution in [0.1, 0.15) is 39.5 Å². The van der Waals surface area contributed by atoms with Crippen LogP contribution in [-0.2, 0) is 4.79 Å². The Balaban J connectivity index is 2.37. The smallest absolute Gasteiger partial charge is 0.326 e. The van der Waals surface area contributed by atoms with Crippen molar-refractivity contribution in [2.45, 2.75) is 45.6 Å². The number of carboxylic acid groups (broad SMARTS) is 1. The molecule has 0 aliphatic carbocycles. The van der Waals surface area contributed by atoms with Crippen LogP contribution in [0.4, 0.5) is 4.79 Å². The fraction of sp³-hybridized carbons (Fsp3) is 0.857. The molecule has 0 aromatic carbocycles. The molecular formula is C14H27N3O3. The van der Waals surface area contributed by atoms with Crippen LogP contribution in [0.5, 0.6) is 0 Å². The lowest BCUT2D eigenvalue weighted by atomic mass is 9.80. The summed E-state index contributed by atoms with van der Waals surface area (Å²) in [6.07, 6.45) is 3.26. The van der Waals surface area contributed by atoms with E-state index in [0.717, 1.165) is 32.4 Å². The standard InChI is InChI=1S/C14H27N3O3/c1-4-5-11(12(18)19)16-13(20)15-10-14(2)6-8-17(3)9-7-14/h11H,4-10H2,1-3H3,(H,18,19)(H2,15,16,20)/t11-/m1/s1.